The van der Waals surface area contributed by atoms with Crippen LogP contribution in [0.15, 0.2) is 24.7 Å². The highest BCUT2D eigenvalue weighted by atomic mass is 16.5. The summed E-state index contributed by atoms with van der Waals surface area (Å²) in [5.41, 5.74) is 8.78. The van der Waals surface area contributed by atoms with E-state index in [1.54, 1.807) is 12.4 Å². The molecule has 1 amide bonds. The van der Waals surface area contributed by atoms with E-state index in [9.17, 15) is 4.79 Å². The highest BCUT2D eigenvalue weighted by Crippen LogP contribution is 2.38. The Labute approximate surface area is 120 Å². The van der Waals surface area contributed by atoms with Gasteiger partial charge in [0.1, 0.15) is 12.2 Å². The van der Waals surface area contributed by atoms with Crippen LogP contribution in [0, 0.1) is 5.92 Å². The van der Waals surface area contributed by atoms with E-state index >= 15 is 0 Å². The summed E-state index contributed by atoms with van der Waals surface area (Å²) in [6.07, 6.45) is 5.25. The van der Waals surface area contributed by atoms with Gasteiger partial charge in [-0.15, -0.1) is 0 Å². The van der Waals surface area contributed by atoms with Gasteiger partial charge in [-0.3, -0.25) is 9.20 Å². The Bertz CT molecular complexity index is 836. The second-order valence-electron chi connectivity index (χ2n) is 5.51. The number of carbonyl (C=O) groups excluding carboxylic acids is 1. The summed E-state index contributed by atoms with van der Waals surface area (Å²) in [6, 6.07) is 1.95. The van der Waals surface area contributed by atoms with Crippen molar-refractivity contribution in [2.24, 2.45) is 11.7 Å². The largest absolute Gasteiger partial charge is 0.367 e. The Morgan fingerprint density at radius 2 is 2.33 bits per heavy atom. The van der Waals surface area contributed by atoms with Crippen LogP contribution in [0.2, 0.25) is 0 Å². The molecular weight excluding hydrogens is 270 g/mol. The SMILES string of the molecule is C[C@H]1C[C@@H](C(N)=O)O[C@H]1c1cnc2cnc3[nH]ccc3n12. The molecule has 3 aromatic heterocycles. The van der Waals surface area contributed by atoms with Gasteiger partial charge in [-0.25, -0.2) is 9.97 Å². The normalized spacial score (nSPS) is 25.9. The molecule has 0 aromatic carbocycles. The highest BCUT2D eigenvalue weighted by molar-refractivity contribution is 5.79. The van der Waals surface area contributed by atoms with Gasteiger partial charge in [0.25, 0.3) is 0 Å². The molecule has 0 aliphatic carbocycles. The summed E-state index contributed by atoms with van der Waals surface area (Å²) in [7, 11) is 0. The number of nitrogens with one attached hydrogen (secondary N) is 1. The second kappa shape index (κ2) is 4.29. The maximum Gasteiger partial charge on any atom is 0.246 e. The monoisotopic (exact) mass is 285 g/mol. The molecule has 4 rings (SSSR count). The molecule has 1 fully saturated rings. The number of amides is 1. The van der Waals surface area contributed by atoms with Crippen LogP contribution >= 0.6 is 0 Å². The molecule has 3 N–H and O–H groups in total. The van der Waals surface area contributed by atoms with Crippen molar-refractivity contribution in [3.63, 3.8) is 0 Å². The van der Waals surface area contributed by atoms with Crippen molar-refractivity contribution in [2.45, 2.75) is 25.6 Å². The first-order chi connectivity index (χ1) is 10.1. The number of aromatic nitrogens is 4. The van der Waals surface area contributed by atoms with E-state index in [2.05, 4.69) is 21.9 Å². The number of carbonyl (C=O) groups is 1. The Balaban J connectivity index is 1.87. The van der Waals surface area contributed by atoms with Gasteiger partial charge in [-0.05, 0) is 18.4 Å². The fourth-order valence-corrected chi connectivity index (χ4v) is 3.07. The highest BCUT2D eigenvalue weighted by Gasteiger charge is 2.38. The topological polar surface area (TPSA) is 98.3 Å². The number of hydrogen-bond acceptors (Lipinski definition) is 4. The third-order valence-corrected chi connectivity index (χ3v) is 4.09. The Kier molecular flexibility index (Phi) is 2.52. The van der Waals surface area contributed by atoms with Crippen molar-refractivity contribution in [1.82, 2.24) is 19.4 Å². The average molecular weight is 285 g/mol. The lowest BCUT2D eigenvalue weighted by Gasteiger charge is -2.15. The molecule has 1 aliphatic rings. The van der Waals surface area contributed by atoms with Crippen LogP contribution in [0.5, 0.6) is 0 Å². The molecule has 0 spiro atoms. The van der Waals surface area contributed by atoms with E-state index < -0.39 is 12.0 Å². The first-order valence-corrected chi connectivity index (χ1v) is 6.89. The van der Waals surface area contributed by atoms with Crippen molar-refractivity contribution in [2.75, 3.05) is 0 Å². The van der Waals surface area contributed by atoms with E-state index in [0.717, 1.165) is 22.5 Å². The van der Waals surface area contributed by atoms with Crippen molar-refractivity contribution in [3.05, 3.63) is 30.4 Å². The number of H-pyrrole nitrogens is 1. The molecule has 7 heteroatoms. The van der Waals surface area contributed by atoms with Crippen LogP contribution in [0.25, 0.3) is 16.8 Å². The number of nitrogens with zero attached hydrogens (tertiary/aromatic N) is 3. The number of primary amides is 1. The van der Waals surface area contributed by atoms with Crippen LogP contribution in [-0.4, -0.2) is 31.4 Å². The van der Waals surface area contributed by atoms with Crippen molar-refractivity contribution in [3.8, 4) is 0 Å². The fourth-order valence-electron chi connectivity index (χ4n) is 3.07. The molecule has 1 saturated heterocycles. The predicted octanol–water partition coefficient (Wildman–Crippen LogP) is 1.16. The predicted molar refractivity (Wildman–Crippen MR) is 75.4 cm³/mol. The summed E-state index contributed by atoms with van der Waals surface area (Å²) in [4.78, 5) is 23.1. The number of hydrogen-bond donors (Lipinski definition) is 2. The molecule has 0 radical (unpaired) electrons. The minimum absolute atomic E-state index is 0.196. The van der Waals surface area contributed by atoms with Crippen LogP contribution in [0.1, 0.15) is 25.1 Å². The maximum atomic E-state index is 11.4. The van der Waals surface area contributed by atoms with Gasteiger partial charge in [-0.1, -0.05) is 6.92 Å². The second-order valence-corrected chi connectivity index (χ2v) is 5.51. The first-order valence-electron chi connectivity index (χ1n) is 6.89. The Hall–Kier alpha value is -2.41. The first kappa shape index (κ1) is 12.3. The minimum atomic E-state index is -0.529. The van der Waals surface area contributed by atoms with Gasteiger partial charge >= 0.3 is 0 Å². The van der Waals surface area contributed by atoms with Crippen LogP contribution in [0.3, 0.4) is 0 Å². The molecule has 0 unspecified atom stereocenters. The maximum absolute atomic E-state index is 11.4. The van der Waals surface area contributed by atoms with Crippen LogP contribution in [0.4, 0.5) is 0 Å². The van der Waals surface area contributed by atoms with Gasteiger partial charge in [0.05, 0.1) is 23.6 Å². The summed E-state index contributed by atoms with van der Waals surface area (Å²) in [5.74, 6) is -0.212. The molecule has 3 aromatic rings. The fraction of sp³-hybridized carbons (Fsp3) is 0.357. The Morgan fingerprint density at radius 1 is 1.48 bits per heavy atom. The molecule has 0 saturated carbocycles. The zero-order valence-electron chi connectivity index (χ0n) is 11.5. The quantitative estimate of drug-likeness (QED) is 0.738. The molecular formula is C14H15N5O2. The smallest absolute Gasteiger partial charge is 0.246 e. The molecule has 0 bridgehead atoms. The van der Waals surface area contributed by atoms with Gasteiger partial charge in [0.15, 0.2) is 11.3 Å². The van der Waals surface area contributed by atoms with Crippen molar-refractivity contribution in [1.29, 1.82) is 0 Å². The van der Waals surface area contributed by atoms with E-state index in [4.69, 9.17) is 10.5 Å². The number of rotatable bonds is 2. The third kappa shape index (κ3) is 1.74. The molecule has 7 nitrogen and oxygen atoms in total. The average Bonchev–Trinajstić information content (AvgIpc) is 3.13. The minimum Gasteiger partial charge on any atom is -0.367 e. The number of imidazole rings is 1. The van der Waals surface area contributed by atoms with Gasteiger partial charge in [0, 0.05) is 6.20 Å². The molecule has 3 atom stereocenters. The van der Waals surface area contributed by atoms with E-state index in [1.165, 1.54) is 0 Å². The number of ether oxygens (including phenoxy) is 1. The number of fused-ring (bicyclic) bond motifs is 3. The number of nitrogens with two attached hydrogens (primary N) is 1. The van der Waals surface area contributed by atoms with Gasteiger partial charge < -0.3 is 15.5 Å². The molecule has 108 valence electrons. The zero-order chi connectivity index (χ0) is 14.6. The molecule has 4 heterocycles. The van der Waals surface area contributed by atoms with E-state index in [0.29, 0.717) is 6.42 Å². The van der Waals surface area contributed by atoms with Crippen LogP contribution < -0.4 is 5.73 Å². The summed E-state index contributed by atoms with van der Waals surface area (Å²) < 4.78 is 7.86. The zero-order valence-corrected chi connectivity index (χ0v) is 11.5. The standard InChI is InChI=1S/C14H15N5O2/c1-7-4-10(13(15)20)21-12(7)9-5-17-11-6-18-14-8(19(9)11)2-3-16-14/h2-3,5-7,10,12,16H,4H2,1H3,(H2,15,20)/t7-,10-,12+/m0/s1. The van der Waals surface area contributed by atoms with Gasteiger partial charge in [0.2, 0.25) is 5.91 Å². The lowest BCUT2D eigenvalue weighted by molar-refractivity contribution is -0.128. The lowest BCUT2D eigenvalue weighted by Crippen LogP contribution is -2.27. The van der Waals surface area contributed by atoms with Crippen molar-refractivity contribution >= 4 is 22.7 Å². The van der Waals surface area contributed by atoms with E-state index in [1.807, 2.05) is 16.7 Å². The number of aromatic amines is 1. The lowest BCUT2D eigenvalue weighted by atomic mass is 9.99. The van der Waals surface area contributed by atoms with Crippen LogP contribution in [-0.2, 0) is 9.53 Å². The Morgan fingerprint density at radius 3 is 3.10 bits per heavy atom. The van der Waals surface area contributed by atoms with E-state index in [-0.39, 0.29) is 12.0 Å². The molecule has 21 heavy (non-hydrogen) atoms. The summed E-state index contributed by atoms with van der Waals surface area (Å²) in [5, 5.41) is 0. The molecule has 1 aliphatic heterocycles. The van der Waals surface area contributed by atoms with Crippen molar-refractivity contribution < 1.29 is 9.53 Å². The van der Waals surface area contributed by atoms with Gasteiger partial charge in [-0.2, -0.15) is 0 Å². The summed E-state index contributed by atoms with van der Waals surface area (Å²) >= 11 is 0. The summed E-state index contributed by atoms with van der Waals surface area (Å²) in [6.45, 7) is 2.06. The third-order valence-electron chi connectivity index (χ3n) is 4.09.